The Kier molecular flexibility index (Phi) is 5.63. The normalized spacial score (nSPS) is 18.4. The van der Waals surface area contributed by atoms with E-state index in [1.165, 1.54) is 25.6 Å². The molecule has 0 radical (unpaired) electrons. The van der Waals surface area contributed by atoms with Crippen LogP contribution in [0.4, 0.5) is 19.4 Å². The van der Waals surface area contributed by atoms with E-state index in [0.717, 1.165) is 11.6 Å². The number of hydrogen-bond acceptors (Lipinski definition) is 4. The molecular weight excluding hydrogens is 354 g/mol. The molecule has 2 amide bonds. The summed E-state index contributed by atoms with van der Waals surface area (Å²) in [6, 6.07) is 3.58. The molecule has 0 spiro atoms. The van der Waals surface area contributed by atoms with Gasteiger partial charge >= 0.3 is 6.03 Å². The van der Waals surface area contributed by atoms with Gasteiger partial charge in [-0.25, -0.2) is 23.5 Å². The Bertz CT molecular complexity index is 855. The van der Waals surface area contributed by atoms with E-state index in [9.17, 15) is 13.6 Å². The fraction of sp³-hybridized carbons (Fsp3) is 0.316. The third-order valence-corrected chi connectivity index (χ3v) is 4.45. The third kappa shape index (κ3) is 4.58. The minimum absolute atomic E-state index is 0.0968. The molecule has 1 aliphatic heterocycles. The fourth-order valence-corrected chi connectivity index (χ4v) is 2.94. The number of likely N-dealkylation sites (tertiary alicyclic amines) is 1. The second kappa shape index (κ2) is 8.11. The smallest absolute Gasteiger partial charge is 0.323 e. The van der Waals surface area contributed by atoms with Crippen LogP contribution in [0, 0.1) is 17.6 Å². The number of aromatic nitrogens is 2. The lowest BCUT2D eigenvalue weighted by molar-refractivity contribution is 0.197. The molecule has 3 rings (SSSR count). The highest BCUT2D eigenvalue weighted by molar-refractivity contribution is 5.88. The number of carbonyl (C=O) groups excluding carboxylic acids is 1. The van der Waals surface area contributed by atoms with Gasteiger partial charge in [-0.05, 0) is 30.0 Å². The van der Waals surface area contributed by atoms with Crippen molar-refractivity contribution in [1.29, 1.82) is 0 Å². The Morgan fingerprint density at radius 2 is 2.11 bits per heavy atom. The molecule has 8 heteroatoms. The maximum atomic E-state index is 13.4. The van der Waals surface area contributed by atoms with Crippen LogP contribution < -0.4 is 10.1 Å². The summed E-state index contributed by atoms with van der Waals surface area (Å²) in [7, 11) is 1.49. The lowest BCUT2D eigenvalue weighted by Gasteiger charge is -2.33. The van der Waals surface area contributed by atoms with Crippen molar-refractivity contribution in [2.24, 2.45) is 5.92 Å². The van der Waals surface area contributed by atoms with Gasteiger partial charge in [0.1, 0.15) is 0 Å². The second-order valence-electron chi connectivity index (χ2n) is 6.36. The maximum absolute atomic E-state index is 13.4. The number of rotatable bonds is 3. The zero-order valence-electron chi connectivity index (χ0n) is 15.1. The predicted molar refractivity (Wildman–Crippen MR) is 97.3 cm³/mol. The van der Waals surface area contributed by atoms with Crippen molar-refractivity contribution in [3.8, 4) is 5.88 Å². The van der Waals surface area contributed by atoms with Crippen molar-refractivity contribution < 1.29 is 18.3 Å². The quantitative estimate of drug-likeness (QED) is 0.889. The van der Waals surface area contributed by atoms with E-state index in [-0.39, 0.29) is 11.9 Å². The molecule has 6 nitrogen and oxygen atoms in total. The van der Waals surface area contributed by atoms with Crippen LogP contribution in [-0.4, -0.2) is 41.1 Å². The molecule has 1 N–H and O–H groups in total. The number of halogens is 2. The van der Waals surface area contributed by atoms with Gasteiger partial charge in [0.15, 0.2) is 17.5 Å². The number of urea groups is 1. The molecule has 1 aromatic heterocycles. The van der Waals surface area contributed by atoms with Gasteiger partial charge in [0.05, 0.1) is 19.5 Å². The highest BCUT2D eigenvalue weighted by Crippen LogP contribution is 2.26. The van der Waals surface area contributed by atoms with Crippen molar-refractivity contribution in [3.63, 3.8) is 0 Å². The molecular formula is C19H20F2N4O2. The first-order chi connectivity index (χ1) is 13.0. The average Bonchev–Trinajstić information content (AvgIpc) is 2.67. The van der Waals surface area contributed by atoms with Crippen LogP contribution in [0.15, 0.2) is 36.2 Å². The number of hydrogen-bond donors (Lipinski definition) is 1. The Balaban J connectivity index is 1.62. The molecule has 1 aromatic carbocycles. The van der Waals surface area contributed by atoms with Crippen molar-refractivity contribution in [1.82, 2.24) is 14.9 Å². The Morgan fingerprint density at radius 1 is 1.30 bits per heavy atom. The molecule has 2 heterocycles. The van der Waals surface area contributed by atoms with Gasteiger partial charge in [-0.15, -0.1) is 0 Å². The van der Waals surface area contributed by atoms with Crippen LogP contribution in [0.1, 0.15) is 18.9 Å². The lowest BCUT2D eigenvalue weighted by Crippen LogP contribution is -2.42. The van der Waals surface area contributed by atoms with Crippen LogP contribution in [0.25, 0.3) is 6.08 Å². The molecule has 0 saturated carbocycles. The van der Waals surface area contributed by atoms with Gasteiger partial charge in [0.2, 0.25) is 5.88 Å². The van der Waals surface area contributed by atoms with Crippen molar-refractivity contribution >= 4 is 17.9 Å². The van der Waals surface area contributed by atoms with Crippen LogP contribution >= 0.6 is 0 Å². The van der Waals surface area contributed by atoms with E-state index in [2.05, 4.69) is 15.3 Å². The average molecular weight is 374 g/mol. The van der Waals surface area contributed by atoms with Crippen LogP contribution in [0.2, 0.25) is 0 Å². The zero-order valence-corrected chi connectivity index (χ0v) is 15.1. The molecule has 142 valence electrons. The molecule has 27 heavy (non-hydrogen) atoms. The summed E-state index contributed by atoms with van der Waals surface area (Å²) in [6.07, 6.45) is 5.37. The van der Waals surface area contributed by atoms with E-state index < -0.39 is 11.6 Å². The molecule has 0 bridgehead atoms. The number of piperidine rings is 1. The summed E-state index contributed by atoms with van der Waals surface area (Å²) >= 11 is 0. The van der Waals surface area contributed by atoms with E-state index in [4.69, 9.17) is 4.74 Å². The third-order valence-electron chi connectivity index (χ3n) is 4.45. The molecule has 1 unspecified atom stereocenters. The van der Waals surface area contributed by atoms with Gasteiger partial charge in [0.25, 0.3) is 0 Å². The number of anilines is 1. The van der Waals surface area contributed by atoms with Gasteiger partial charge in [-0.2, -0.15) is 0 Å². The lowest BCUT2D eigenvalue weighted by atomic mass is 9.91. The first-order valence-electron chi connectivity index (χ1n) is 8.53. The Morgan fingerprint density at radius 3 is 2.74 bits per heavy atom. The number of methoxy groups -OCH3 is 1. The van der Waals surface area contributed by atoms with Gasteiger partial charge in [-0.1, -0.05) is 24.6 Å². The largest absolute Gasteiger partial charge is 0.480 e. The molecule has 1 aliphatic rings. The monoisotopic (exact) mass is 374 g/mol. The number of ether oxygens (including phenoxy) is 1. The highest BCUT2D eigenvalue weighted by atomic mass is 19.2. The molecule has 1 atom stereocenters. The number of amides is 2. The second-order valence-corrected chi connectivity index (χ2v) is 6.36. The topological polar surface area (TPSA) is 67.3 Å². The summed E-state index contributed by atoms with van der Waals surface area (Å²) in [5, 5.41) is 2.71. The minimum atomic E-state index is -0.866. The van der Waals surface area contributed by atoms with Gasteiger partial charge in [-0.3, -0.25) is 5.32 Å². The Labute approximate surface area is 155 Å². The van der Waals surface area contributed by atoms with E-state index in [0.29, 0.717) is 36.8 Å². The minimum Gasteiger partial charge on any atom is -0.480 e. The molecule has 2 aromatic rings. The molecule has 1 saturated heterocycles. The summed E-state index contributed by atoms with van der Waals surface area (Å²) in [6.45, 7) is 3.04. The number of nitrogens with one attached hydrogen (secondary N) is 1. The summed E-state index contributed by atoms with van der Waals surface area (Å²) in [4.78, 5) is 22.2. The number of carbonyl (C=O) groups is 1. The maximum Gasteiger partial charge on any atom is 0.323 e. The van der Waals surface area contributed by atoms with Crippen molar-refractivity contribution in [2.75, 3.05) is 25.5 Å². The van der Waals surface area contributed by atoms with Crippen molar-refractivity contribution in [3.05, 3.63) is 53.4 Å². The van der Waals surface area contributed by atoms with E-state index >= 15 is 0 Å². The number of nitrogens with zero attached hydrogens (tertiary/aromatic N) is 3. The highest BCUT2D eigenvalue weighted by Gasteiger charge is 2.24. The number of benzene rings is 1. The van der Waals surface area contributed by atoms with Crippen LogP contribution in [0.3, 0.4) is 0 Å². The first kappa shape index (κ1) is 18.8. The van der Waals surface area contributed by atoms with Crippen LogP contribution in [0.5, 0.6) is 5.88 Å². The van der Waals surface area contributed by atoms with E-state index in [1.54, 1.807) is 11.0 Å². The molecule has 0 aliphatic carbocycles. The standard InChI is InChI=1S/C19H20F2N4O2/c1-12-11-25(19(26)24-17-9-23-18(27-2)10-22-17)6-5-14(12)7-13-3-4-15(20)16(21)8-13/h3-4,7-10,12H,5-6,11H2,1-2H3,(H,22,24,26)/b14-7+. The summed E-state index contributed by atoms with van der Waals surface area (Å²) in [5.74, 6) is -0.921. The SMILES string of the molecule is COc1cnc(NC(=O)N2CC/C(=C\c3ccc(F)c(F)c3)C(C)C2)cn1. The van der Waals surface area contributed by atoms with Gasteiger partial charge < -0.3 is 9.64 Å². The zero-order chi connectivity index (χ0) is 19.4. The van der Waals surface area contributed by atoms with Crippen molar-refractivity contribution in [2.45, 2.75) is 13.3 Å². The first-order valence-corrected chi connectivity index (χ1v) is 8.53. The predicted octanol–water partition coefficient (Wildman–Crippen LogP) is 3.72. The Hall–Kier alpha value is -3.03. The summed E-state index contributed by atoms with van der Waals surface area (Å²) < 4.78 is 31.4. The molecule has 1 fully saturated rings. The van der Waals surface area contributed by atoms with Gasteiger partial charge in [0, 0.05) is 13.1 Å². The van der Waals surface area contributed by atoms with E-state index in [1.807, 2.05) is 13.0 Å². The van der Waals surface area contributed by atoms with Crippen LogP contribution in [-0.2, 0) is 0 Å². The summed E-state index contributed by atoms with van der Waals surface area (Å²) in [5.41, 5.74) is 1.71. The fourth-order valence-electron chi connectivity index (χ4n) is 2.94.